The van der Waals surface area contributed by atoms with Crippen LogP contribution in [0.15, 0.2) is 102 Å². The van der Waals surface area contributed by atoms with Gasteiger partial charge in [0.1, 0.15) is 26.3 Å². The molecular weight excluding hydrogens is 492 g/mol. The van der Waals surface area contributed by atoms with Crippen molar-refractivity contribution >= 4 is 40.4 Å². The Morgan fingerprint density at radius 1 is 0.744 bits per heavy atom. The maximum Gasteiger partial charge on any atom is 0.216 e. The van der Waals surface area contributed by atoms with Gasteiger partial charge in [0.2, 0.25) is 5.69 Å². The van der Waals surface area contributed by atoms with Crippen LogP contribution in [-0.4, -0.2) is 8.07 Å². The van der Waals surface area contributed by atoms with E-state index in [1.165, 1.54) is 15.9 Å². The first kappa shape index (κ1) is 24.8. The van der Waals surface area contributed by atoms with Gasteiger partial charge in [0.05, 0.1) is 17.2 Å². The average Bonchev–Trinajstić information content (AvgIpc) is 3.32. The molecule has 0 atom stereocenters. The fraction of sp³-hybridized carbons (Fsp3) is 0.143. The molecule has 0 aliphatic heterocycles. The van der Waals surface area contributed by atoms with Crippen molar-refractivity contribution in [1.29, 1.82) is 5.26 Å². The number of pyridine rings is 1. The van der Waals surface area contributed by atoms with Gasteiger partial charge in [-0.1, -0.05) is 89.7 Å². The normalized spacial score (nSPS) is 11.7. The molecule has 3 nitrogen and oxygen atoms in total. The largest absolute Gasteiger partial charge is 0.454 e. The van der Waals surface area contributed by atoms with Crippen LogP contribution in [0.1, 0.15) is 16.7 Å². The van der Waals surface area contributed by atoms with E-state index in [1.54, 1.807) is 0 Å². The highest BCUT2D eigenvalue weighted by molar-refractivity contribution is 7.00. The summed E-state index contributed by atoms with van der Waals surface area (Å²) in [6, 6.07) is 34.4. The van der Waals surface area contributed by atoms with Crippen LogP contribution in [-0.2, 0) is 7.05 Å². The molecule has 0 radical (unpaired) electrons. The zero-order valence-electron chi connectivity index (χ0n) is 23.0. The minimum Gasteiger partial charge on any atom is -0.454 e. The van der Waals surface area contributed by atoms with Gasteiger partial charge < -0.3 is 4.42 Å². The first-order valence-corrected chi connectivity index (χ1v) is 16.3. The molecule has 4 aromatic carbocycles. The van der Waals surface area contributed by atoms with Gasteiger partial charge in [-0.15, -0.1) is 0 Å². The first-order chi connectivity index (χ1) is 18.8. The molecule has 0 saturated carbocycles. The number of fused-ring (bicyclic) bond motifs is 3. The van der Waals surface area contributed by atoms with Crippen molar-refractivity contribution in [2.75, 3.05) is 0 Å². The molecular formula is C35H31N2OSi+. The Bertz CT molecular complexity index is 1930. The number of rotatable bonds is 4. The predicted octanol–water partition coefficient (Wildman–Crippen LogP) is 7.06. The number of aryl methyl sites for hydroxylation is 3. The Balaban J connectivity index is 1.59. The van der Waals surface area contributed by atoms with Crippen molar-refractivity contribution in [3.05, 3.63) is 114 Å². The van der Waals surface area contributed by atoms with Crippen LogP contribution in [0.25, 0.3) is 44.3 Å². The Hall–Kier alpha value is -4.46. The standard InChI is InChI=1S/C35H31N2OSi/c1-23-14-17-28-29-18-15-26(22-36)33(35(29)38-34(28)32(23)30-13-9-10-20-37(30)3)25-16-19-31(24(2)21-25)39(4,5)27-11-7-6-8-12-27/h6-21H,1-5H3/q+1. The van der Waals surface area contributed by atoms with E-state index in [2.05, 4.69) is 124 Å². The molecule has 2 heterocycles. The van der Waals surface area contributed by atoms with E-state index in [-0.39, 0.29) is 0 Å². The lowest BCUT2D eigenvalue weighted by Gasteiger charge is -2.26. The lowest BCUT2D eigenvalue weighted by Crippen LogP contribution is -2.53. The summed E-state index contributed by atoms with van der Waals surface area (Å²) in [5.74, 6) is 0. The Morgan fingerprint density at radius 3 is 2.13 bits per heavy atom. The van der Waals surface area contributed by atoms with Gasteiger partial charge in [-0.05, 0) is 43.2 Å². The summed E-state index contributed by atoms with van der Waals surface area (Å²) in [5, 5.41) is 15.0. The Kier molecular flexibility index (Phi) is 5.97. The Morgan fingerprint density at radius 2 is 1.44 bits per heavy atom. The van der Waals surface area contributed by atoms with Crippen molar-refractivity contribution in [3.8, 4) is 28.5 Å². The second kappa shape index (κ2) is 9.38. The molecule has 190 valence electrons. The van der Waals surface area contributed by atoms with E-state index in [0.29, 0.717) is 5.56 Å². The van der Waals surface area contributed by atoms with Crippen LogP contribution < -0.4 is 14.9 Å². The molecule has 0 aliphatic carbocycles. The van der Waals surface area contributed by atoms with E-state index >= 15 is 0 Å². The first-order valence-electron chi connectivity index (χ1n) is 13.3. The predicted molar refractivity (Wildman–Crippen MR) is 163 cm³/mol. The number of aromatic nitrogens is 1. The van der Waals surface area contributed by atoms with Crippen molar-refractivity contribution in [2.24, 2.45) is 7.05 Å². The fourth-order valence-electron chi connectivity index (χ4n) is 6.01. The molecule has 2 aromatic heterocycles. The second-order valence-electron chi connectivity index (χ2n) is 10.9. The third-order valence-corrected chi connectivity index (χ3v) is 11.8. The van der Waals surface area contributed by atoms with Gasteiger partial charge in [-0.25, -0.2) is 4.57 Å². The molecule has 39 heavy (non-hydrogen) atoms. The number of hydrogen-bond donors (Lipinski definition) is 0. The number of furan rings is 1. The van der Waals surface area contributed by atoms with Gasteiger partial charge in [-0.2, -0.15) is 5.26 Å². The molecule has 6 aromatic rings. The molecule has 0 aliphatic rings. The van der Waals surface area contributed by atoms with E-state index in [1.807, 2.05) is 18.2 Å². The minimum absolute atomic E-state index is 0.622. The van der Waals surface area contributed by atoms with Gasteiger partial charge in [0, 0.05) is 28.5 Å². The van der Waals surface area contributed by atoms with E-state index in [0.717, 1.165) is 49.9 Å². The molecule has 0 N–H and O–H groups in total. The van der Waals surface area contributed by atoms with E-state index in [4.69, 9.17) is 4.42 Å². The van der Waals surface area contributed by atoms with Crippen LogP contribution in [0.5, 0.6) is 0 Å². The summed E-state index contributed by atoms with van der Waals surface area (Å²) >= 11 is 0. The zero-order valence-corrected chi connectivity index (χ0v) is 24.0. The lowest BCUT2D eigenvalue weighted by molar-refractivity contribution is -0.660. The van der Waals surface area contributed by atoms with Crippen molar-refractivity contribution < 1.29 is 8.98 Å². The summed E-state index contributed by atoms with van der Waals surface area (Å²) < 4.78 is 8.87. The molecule has 4 heteroatoms. The quantitative estimate of drug-likeness (QED) is 0.183. The molecule has 0 unspecified atom stereocenters. The van der Waals surface area contributed by atoms with Crippen LogP contribution in [0.4, 0.5) is 0 Å². The van der Waals surface area contributed by atoms with Gasteiger partial charge >= 0.3 is 0 Å². The maximum atomic E-state index is 10.1. The summed E-state index contributed by atoms with van der Waals surface area (Å²) in [4.78, 5) is 0. The summed E-state index contributed by atoms with van der Waals surface area (Å²) in [5.41, 5.74) is 8.69. The Labute approximate surface area is 230 Å². The molecule has 0 fully saturated rings. The number of nitrogens with zero attached hydrogens (tertiary/aromatic N) is 2. The molecule has 0 spiro atoms. The summed E-state index contributed by atoms with van der Waals surface area (Å²) in [7, 11) is 0.182. The lowest BCUT2D eigenvalue weighted by atomic mass is 9.95. The number of hydrogen-bond acceptors (Lipinski definition) is 2. The highest BCUT2D eigenvalue weighted by Crippen LogP contribution is 2.41. The highest BCUT2D eigenvalue weighted by atomic mass is 28.3. The van der Waals surface area contributed by atoms with Crippen molar-refractivity contribution in [1.82, 2.24) is 0 Å². The molecule has 6 rings (SSSR count). The minimum atomic E-state index is -1.87. The smallest absolute Gasteiger partial charge is 0.216 e. The van der Waals surface area contributed by atoms with Crippen molar-refractivity contribution in [3.63, 3.8) is 0 Å². The monoisotopic (exact) mass is 523 g/mol. The molecule has 0 bridgehead atoms. The summed E-state index contributed by atoms with van der Waals surface area (Å²) in [6.45, 7) is 9.12. The second-order valence-corrected chi connectivity index (χ2v) is 15.3. The van der Waals surface area contributed by atoms with Crippen LogP contribution in [0.2, 0.25) is 13.1 Å². The number of nitriles is 1. The van der Waals surface area contributed by atoms with Gasteiger partial charge in [-0.3, -0.25) is 0 Å². The summed E-state index contributed by atoms with van der Waals surface area (Å²) in [6.07, 6.45) is 2.06. The van der Waals surface area contributed by atoms with Gasteiger partial charge in [0.15, 0.2) is 6.20 Å². The van der Waals surface area contributed by atoms with Crippen molar-refractivity contribution in [2.45, 2.75) is 26.9 Å². The van der Waals surface area contributed by atoms with Crippen LogP contribution >= 0.6 is 0 Å². The highest BCUT2D eigenvalue weighted by Gasteiger charge is 2.28. The van der Waals surface area contributed by atoms with E-state index in [9.17, 15) is 5.26 Å². The third-order valence-electron chi connectivity index (χ3n) is 8.13. The van der Waals surface area contributed by atoms with Crippen LogP contribution in [0.3, 0.4) is 0 Å². The third kappa shape index (κ3) is 3.98. The number of benzene rings is 4. The average molecular weight is 524 g/mol. The van der Waals surface area contributed by atoms with Gasteiger partial charge in [0.25, 0.3) is 0 Å². The SMILES string of the molecule is Cc1cc(-c2c(C#N)ccc3c2oc2c(-c4cccc[n+]4C)c(C)ccc23)ccc1[Si](C)(C)c1ccccc1. The topological polar surface area (TPSA) is 40.8 Å². The zero-order chi connectivity index (χ0) is 27.3. The molecule has 0 saturated heterocycles. The maximum absolute atomic E-state index is 10.1. The fourth-order valence-corrected chi connectivity index (χ4v) is 8.91. The van der Waals surface area contributed by atoms with E-state index < -0.39 is 8.07 Å². The van der Waals surface area contributed by atoms with Crippen LogP contribution in [0, 0.1) is 25.2 Å². The molecule has 0 amide bonds.